The molecule has 1 saturated heterocycles. The highest BCUT2D eigenvalue weighted by atomic mass is 16.6. The normalized spacial score (nSPS) is 24.7. The molecule has 8 nitrogen and oxygen atoms in total. The van der Waals surface area contributed by atoms with Crippen LogP contribution >= 0.6 is 0 Å². The van der Waals surface area contributed by atoms with Crippen LogP contribution in [0.3, 0.4) is 0 Å². The molecule has 1 amide bonds. The number of esters is 1. The SMILES string of the molecule is CCCCCCCCCCCCCC(=O)OC[C@H]1O[C@@H](N2C=CCC(C(N)=O)=C2)[C@H](O)[C@@H]1O. The van der Waals surface area contributed by atoms with Crippen molar-refractivity contribution in [2.24, 2.45) is 5.73 Å². The summed E-state index contributed by atoms with van der Waals surface area (Å²) >= 11 is 0. The van der Waals surface area contributed by atoms with Crippen molar-refractivity contribution in [1.82, 2.24) is 4.90 Å². The van der Waals surface area contributed by atoms with Crippen LogP contribution in [-0.4, -0.2) is 58.1 Å². The Balaban J connectivity index is 1.58. The number of ether oxygens (including phenoxy) is 2. The highest BCUT2D eigenvalue weighted by Gasteiger charge is 2.45. The van der Waals surface area contributed by atoms with E-state index in [0.29, 0.717) is 18.4 Å². The Morgan fingerprint density at radius 1 is 1.03 bits per heavy atom. The lowest BCUT2D eigenvalue weighted by Gasteiger charge is -2.28. The number of nitrogens with zero attached hydrogens (tertiary/aromatic N) is 1. The average Bonchev–Trinajstić information content (AvgIpc) is 3.10. The topological polar surface area (TPSA) is 122 Å². The van der Waals surface area contributed by atoms with E-state index < -0.39 is 30.4 Å². The molecule has 0 aromatic heterocycles. The van der Waals surface area contributed by atoms with Gasteiger partial charge in [0.25, 0.3) is 0 Å². The highest BCUT2D eigenvalue weighted by Crippen LogP contribution is 2.27. The number of aliphatic hydroxyl groups excluding tert-OH is 2. The Kier molecular flexibility index (Phi) is 12.5. The first-order valence-corrected chi connectivity index (χ1v) is 12.6. The summed E-state index contributed by atoms with van der Waals surface area (Å²) in [6, 6.07) is 0. The second kappa shape index (κ2) is 15.1. The summed E-state index contributed by atoms with van der Waals surface area (Å²) in [6.07, 6.45) is 14.8. The molecule has 0 saturated carbocycles. The van der Waals surface area contributed by atoms with Crippen molar-refractivity contribution in [2.45, 2.75) is 115 Å². The van der Waals surface area contributed by atoms with Crippen molar-refractivity contribution in [3.05, 3.63) is 24.0 Å². The number of aliphatic hydroxyl groups is 2. The first-order valence-electron chi connectivity index (χ1n) is 12.6. The number of rotatable bonds is 16. The molecule has 8 heteroatoms. The van der Waals surface area contributed by atoms with Crippen LogP contribution in [0.2, 0.25) is 0 Å². The molecule has 2 aliphatic rings. The Bertz CT molecular complexity index is 665. The maximum absolute atomic E-state index is 12.0. The monoisotopic (exact) mass is 466 g/mol. The van der Waals surface area contributed by atoms with E-state index in [4.69, 9.17) is 15.2 Å². The number of unbranched alkanes of at least 4 members (excludes halogenated alkanes) is 10. The molecule has 1 fully saturated rings. The maximum Gasteiger partial charge on any atom is 0.305 e. The van der Waals surface area contributed by atoms with Gasteiger partial charge in [0.15, 0.2) is 6.23 Å². The summed E-state index contributed by atoms with van der Waals surface area (Å²) in [4.78, 5) is 25.0. The number of carbonyl (C=O) groups excluding carboxylic acids is 2. The van der Waals surface area contributed by atoms with E-state index in [0.717, 1.165) is 19.3 Å². The molecular formula is C25H42N2O6. The van der Waals surface area contributed by atoms with Crippen molar-refractivity contribution in [3.8, 4) is 0 Å². The van der Waals surface area contributed by atoms with Crippen LogP contribution in [0.4, 0.5) is 0 Å². The summed E-state index contributed by atoms with van der Waals surface area (Å²) in [5, 5.41) is 20.6. The fourth-order valence-electron chi connectivity index (χ4n) is 4.19. The average molecular weight is 467 g/mol. The van der Waals surface area contributed by atoms with E-state index in [2.05, 4.69) is 6.92 Å². The molecule has 0 aromatic rings. The van der Waals surface area contributed by atoms with E-state index in [9.17, 15) is 19.8 Å². The summed E-state index contributed by atoms with van der Waals surface area (Å²) in [5.41, 5.74) is 5.70. The van der Waals surface area contributed by atoms with Gasteiger partial charge in [0.2, 0.25) is 5.91 Å². The van der Waals surface area contributed by atoms with E-state index in [-0.39, 0.29) is 12.6 Å². The molecule has 2 heterocycles. The number of hydrogen-bond acceptors (Lipinski definition) is 7. The van der Waals surface area contributed by atoms with Gasteiger partial charge < -0.3 is 30.3 Å². The van der Waals surface area contributed by atoms with Gasteiger partial charge in [0.1, 0.15) is 24.9 Å². The number of primary amides is 1. The summed E-state index contributed by atoms with van der Waals surface area (Å²) in [6.45, 7) is 2.10. The summed E-state index contributed by atoms with van der Waals surface area (Å²) in [5.74, 6) is -0.876. The third-order valence-electron chi connectivity index (χ3n) is 6.26. The fraction of sp³-hybridized carbons (Fsp3) is 0.760. The smallest absolute Gasteiger partial charge is 0.305 e. The number of nitrogens with two attached hydrogens (primary N) is 1. The minimum absolute atomic E-state index is 0.129. The van der Waals surface area contributed by atoms with Crippen molar-refractivity contribution >= 4 is 11.9 Å². The zero-order valence-electron chi connectivity index (χ0n) is 20.0. The molecule has 0 spiro atoms. The predicted octanol–water partition coefficient (Wildman–Crippen LogP) is 3.27. The second-order valence-corrected chi connectivity index (χ2v) is 9.07. The zero-order chi connectivity index (χ0) is 24.1. The Hall–Kier alpha value is -1.90. The number of carbonyl (C=O) groups is 2. The molecule has 2 rings (SSSR count). The molecule has 0 bridgehead atoms. The minimum Gasteiger partial charge on any atom is -0.463 e. The minimum atomic E-state index is -1.21. The van der Waals surface area contributed by atoms with Crippen molar-refractivity contribution < 1.29 is 29.3 Å². The maximum atomic E-state index is 12.0. The first-order chi connectivity index (χ1) is 15.9. The quantitative estimate of drug-likeness (QED) is 0.236. The summed E-state index contributed by atoms with van der Waals surface area (Å²) < 4.78 is 11.0. The first kappa shape index (κ1) is 27.3. The van der Waals surface area contributed by atoms with Crippen molar-refractivity contribution in [2.75, 3.05) is 6.61 Å². The van der Waals surface area contributed by atoms with Crippen LogP contribution in [-0.2, 0) is 19.1 Å². The lowest BCUT2D eigenvalue weighted by molar-refractivity contribution is -0.150. The number of hydrogen-bond donors (Lipinski definition) is 3. The highest BCUT2D eigenvalue weighted by molar-refractivity contribution is 5.92. The molecule has 188 valence electrons. The Morgan fingerprint density at radius 2 is 1.64 bits per heavy atom. The van der Waals surface area contributed by atoms with Crippen LogP contribution < -0.4 is 5.73 Å². The lowest BCUT2D eigenvalue weighted by atomic mass is 10.1. The molecular weight excluding hydrogens is 424 g/mol. The van der Waals surface area contributed by atoms with Crippen molar-refractivity contribution in [3.63, 3.8) is 0 Å². The van der Waals surface area contributed by atoms with Gasteiger partial charge in [0.05, 0.1) is 0 Å². The van der Waals surface area contributed by atoms with Gasteiger partial charge in [-0.25, -0.2) is 0 Å². The Morgan fingerprint density at radius 3 is 2.24 bits per heavy atom. The van der Waals surface area contributed by atoms with E-state index in [1.54, 1.807) is 12.3 Å². The van der Waals surface area contributed by atoms with E-state index in [1.165, 1.54) is 62.5 Å². The van der Waals surface area contributed by atoms with Gasteiger partial charge in [-0.2, -0.15) is 0 Å². The van der Waals surface area contributed by atoms with Gasteiger partial charge in [-0.15, -0.1) is 0 Å². The lowest BCUT2D eigenvalue weighted by Crippen LogP contribution is -2.40. The summed E-state index contributed by atoms with van der Waals surface area (Å²) in [7, 11) is 0. The van der Waals surface area contributed by atoms with Gasteiger partial charge in [-0.3, -0.25) is 9.59 Å². The zero-order valence-corrected chi connectivity index (χ0v) is 20.0. The molecule has 2 aliphatic heterocycles. The standard InChI is InChI=1S/C25H42N2O6/c1-2-3-4-5-6-7-8-9-10-11-12-15-21(28)32-18-20-22(29)23(30)25(33-20)27-16-13-14-19(17-27)24(26)31/h13,16-17,20,22-23,25,29-30H,2-12,14-15,18H2,1H3,(H2,26,31)/t20-,22-,23-,25-/m1/s1. The van der Waals surface area contributed by atoms with Gasteiger partial charge in [-0.1, -0.05) is 77.2 Å². The van der Waals surface area contributed by atoms with Crippen LogP contribution in [0.25, 0.3) is 0 Å². The van der Waals surface area contributed by atoms with Gasteiger partial charge >= 0.3 is 5.97 Å². The molecule has 4 atom stereocenters. The number of amides is 1. The van der Waals surface area contributed by atoms with Gasteiger partial charge in [-0.05, 0) is 12.8 Å². The fourth-order valence-corrected chi connectivity index (χ4v) is 4.19. The second-order valence-electron chi connectivity index (χ2n) is 9.07. The predicted molar refractivity (Wildman–Crippen MR) is 126 cm³/mol. The van der Waals surface area contributed by atoms with Gasteiger partial charge in [0, 0.05) is 24.4 Å². The Labute approximate surface area is 197 Å². The molecule has 0 aliphatic carbocycles. The van der Waals surface area contributed by atoms with E-state index in [1.807, 2.05) is 0 Å². The third kappa shape index (κ3) is 9.47. The van der Waals surface area contributed by atoms with Crippen LogP contribution in [0.5, 0.6) is 0 Å². The van der Waals surface area contributed by atoms with E-state index >= 15 is 0 Å². The third-order valence-corrected chi connectivity index (χ3v) is 6.26. The number of allylic oxidation sites excluding steroid dienone is 1. The molecule has 0 unspecified atom stereocenters. The molecule has 0 radical (unpaired) electrons. The largest absolute Gasteiger partial charge is 0.463 e. The van der Waals surface area contributed by atoms with Crippen LogP contribution in [0, 0.1) is 0 Å². The molecule has 4 N–H and O–H groups in total. The molecule has 0 aromatic carbocycles. The van der Waals surface area contributed by atoms with Crippen molar-refractivity contribution in [1.29, 1.82) is 0 Å². The van der Waals surface area contributed by atoms with Crippen LogP contribution in [0.15, 0.2) is 24.0 Å². The van der Waals surface area contributed by atoms with Crippen LogP contribution in [0.1, 0.15) is 90.4 Å². The molecule has 33 heavy (non-hydrogen) atoms.